The summed E-state index contributed by atoms with van der Waals surface area (Å²) in [5, 5.41) is 9.93. The van der Waals surface area contributed by atoms with E-state index in [2.05, 4.69) is 249 Å². The van der Waals surface area contributed by atoms with Crippen LogP contribution in [0.25, 0.3) is 121 Å². The van der Waals surface area contributed by atoms with Gasteiger partial charge in [0.25, 0.3) is 0 Å². The molecule has 10 aromatic carbocycles. The Morgan fingerprint density at radius 1 is 0.219 bits per heavy atom. The largest absolute Gasteiger partial charge is 0.309 e. The maximum absolute atomic E-state index is 2.51. The lowest BCUT2D eigenvalue weighted by atomic mass is 10.0. The van der Waals surface area contributed by atoms with E-state index in [-0.39, 0.29) is 0 Å². The zero-order valence-corrected chi connectivity index (χ0v) is 34.7. The number of nitrogens with zero attached hydrogens (tertiary/aromatic N) is 4. The topological polar surface area (TPSA) is 19.7 Å². The molecule has 0 saturated heterocycles. The fourth-order valence-corrected chi connectivity index (χ4v) is 11.0. The summed E-state index contributed by atoms with van der Waals surface area (Å²) >= 11 is 0. The van der Waals surface area contributed by atoms with Crippen molar-refractivity contribution < 1.29 is 0 Å². The second kappa shape index (κ2) is 13.4. The molecule has 0 spiro atoms. The zero-order chi connectivity index (χ0) is 41.9. The van der Waals surface area contributed by atoms with Crippen molar-refractivity contribution in [2.24, 2.45) is 0 Å². The summed E-state index contributed by atoms with van der Waals surface area (Å²) < 4.78 is 9.84. The minimum atomic E-state index is 1.13. The number of aromatic nitrogens is 4. The molecule has 14 rings (SSSR count). The fraction of sp³-hybridized carbons (Fsp3) is 0. The number of para-hydroxylation sites is 8. The molecule has 0 amide bonds. The van der Waals surface area contributed by atoms with Crippen LogP contribution < -0.4 is 0 Å². The van der Waals surface area contributed by atoms with Gasteiger partial charge in [0, 0.05) is 65.6 Å². The van der Waals surface area contributed by atoms with E-state index in [0.717, 1.165) is 22.7 Å². The highest BCUT2D eigenvalue weighted by Gasteiger charge is 2.23. The number of hydrogen-bond acceptors (Lipinski definition) is 0. The summed E-state index contributed by atoms with van der Waals surface area (Å²) in [6.07, 6.45) is 0. The van der Waals surface area contributed by atoms with E-state index in [1.165, 1.54) is 98.4 Å². The van der Waals surface area contributed by atoms with Crippen molar-refractivity contribution in [3.63, 3.8) is 0 Å². The monoisotopic (exact) mass is 814 g/mol. The predicted molar refractivity (Wildman–Crippen MR) is 269 cm³/mol. The van der Waals surface area contributed by atoms with Crippen molar-refractivity contribution in [3.05, 3.63) is 231 Å². The summed E-state index contributed by atoms with van der Waals surface area (Å²) in [7, 11) is 0. The lowest BCUT2D eigenvalue weighted by Crippen LogP contribution is -2.01. The molecule has 4 heterocycles. The molecule has 4 heteroatoms. The molecule has 4 nitrogen and oxygen atoms in total. The number of rotatable bonds is 5. The second-order valence-corrected chi connectivity index (χ2v) is 16.9. The summed E-state index contributed by atoms with van der Waals surface area (Å²) in [6, 6.07) is 84.4. The standard InChI is InChI=1S/C60H38N4/c1-2-18-39(19-3-1)61-56-33-17-10-26-48(56)59-58(61)37-35-47-45-24-8-11-27-50(45)62(60(47)59)40-34-36-57-49(38-40)46-25-9-16-32-55(46)64(57)54-31-15-7-23-44(54)43-22-6-14-30-53(43)63-51-28-12-4-20-41(51)42-21-5-13-29-52(42)63/h1-38H. The van der Waals surface area contributed by atoms with Gasteiger partial charge < -0.3 is 18.3 Å². The molecule has 14 aromatic rings. The van der Waals surface area contributed by atoms with E-state index in [0.29, 0.717) is 0 Å². The SMILES string of the molecule is c1ccc(-n2c3ccccc3c3c2ccc2c4ccccc4n(-c4ccc5c(c4)c4ccccc4n5-c4ccccc4-c4ccccc4-n4c5ccccc5c5ccccc54)c23)cc1. The van der Waals surface area contributed by atoms with Gasteiger partial charge in [0.05, 0.1) is 55.5 Å². The van der Waals surface area contributed by atoms with Gasteiger partial charge in [0.2, 0.25) is 0 Å². The van der Waals surface area contributed by atoms with Crippen LogP contribution in [0.2, 0.25) is 0 Å². The average Bonchev–Trinajstić information content (AvgIpc) is 4.09. The molecule has 0 unspecified atom stereocenters. The Bertz CT molecular complexity index is 4140. The molecule has 0 aliphatic carbocycles. The molecule has 64 heavy (non-hydrogen) atoms. The van der Waals surface area contributed by atoms with Crippen LogP contribution in [-0.2, 0) is 0 Å². The Morgan fingerprint density at radius 3 is 1.20 bits per heavy atom. The maximum atomic E-state index is 2.51. The predicted octanol–water partition coefficient (Wildman–Crippen LogP) is 15.7. The fourth-order valence-electron chi connectivity index (χ4n) is 11.0. The van der Waals surface area contributed by atoms with Gasteiger partial charge in [-0.2, -0.15) is 0 Å². The summed E-state index contributed by atoms with van der Waals surface area (Å²) in [5.41, 5.74) is 16.5. The lowest BCUT2D eigenvalue weighted by molar-refractivity contribution is 1.16. The van der Waals surface area contributed by atoms with Crippen LogP contribution in [0, 0.1) is 0 Å². The number of fused-ring (bicyclic) bond motifs is 13. The zero-order valence-electron chi connectivity index (χ0n) is 34.7. The van der Waals surface area contributed by atoms with Gasteiger partial charge in [0.1, 0.15) is 0 Å². The van der Waals surface area contributed by atoms with E-state index in [1.807, 2.05) is 0 Å². The van der Waals surface area contributed by atoms with Crippen molar-refractivity contribution in [3.8, 4) is 33.9 Å². The third-order valence-corrected chi connectivity index (χ3v) is 13.6. The molecule has 0 saturated carbocycles. The Labute approximate surface area is 368 Å². The minimum Gasteiger partial charge on any atom is -0.309 e. The van der Waals surface area contributed by atoms with Crippen LogP contribution in [0.4, 0.5) is 0 Å². The van der Waals surface area contributed by atoms with E-state index in [9.17, 15) is 0 Å². The first-order valence-corrected chi connectivity index (χ1v) is 22.0. The molecule has 0 N–H and O–H groups in total. The van der Waals surface area contributed by atoms with Gasteiger partial charge in [0.15, 0.2) is 0 Å². The molecule has 0 atom stereocenters. The molecule has 0 radical (unpaired) electrons. The van der Waals surface area contributed by atoms with Crippen LogP contribution in [0.3, 0.4) is 0 Å². The van der Waals surface area contributed by atoms with E-state index in [1.54, 1.807) is 0 Å². The highest BCUT2D eigenvalue weighted by atomic mass is 15.0. The second-order valence-electron chi connectivity index (χ2n) is 16.9. The van der Waals surface area contributed by atoms with Crippen LogP contribution in [-0.4, -0.2) is 18.3 Å². The van der Waals surface area contributed by atoms with Crippen LogP contribution in [0.1, 0.15) is 0 Å². The number of hydrogen-bond donors (Lipinski definition) is 0. The summed E-state index contributed by atoms with van der Waals surface area (Å²) in [4.78, 5) is 0. The average molecular weight is 815 g/mol. The van der Waals surface area contributed by atoms with Gasteiger partial charge in [-0.05, 0) is 78.9 Å². The highest BCUT2D eigenvalue weighted by molar-refractivity contribution is 6.26. The summed E-state index contributed by atoms with van der Waals surface area (Å²) in [6.45, 7) is 0. The van der Waals surface area contributed by atoms with E-state index < -0.39 is 0 Å². The Morgan fingerprint density at radius 2 is 0.625 bits per heavy atom. The van der Waals surface area contributed by atoms with Crippen molar-refractivity contribution in [2.45, 2.75) is 0 Å². The van der Waals surface area contributed by atoms with E-state index in [4.69, 9.17) is 0 Å². The molecular formula is C60H38N4. The quantitative estimate of drug-likeness (QED) is 0.165. The highest BCUT2D eigenvalue weighted by Crippen LogP contribution is 2.44. The Hall–Kier alpha value is -8.60. The van der Waals surface area contributed by atoms with Crippen LogP contribution >= 0.6 is 0 Å². The van der Waals surface area contributed by atoms with Crippen LogP contribution in [0.15, 0.2) is 231 Å². The maximum Gasteiger partial charge on any atom is 0.0641 e. The third kappa shape index (κ3) is 4.82. The molecule has 4 aromatic heterocycles. The normalized spacial score (nSPS) is 12.1. The van der Waals surface area contributed by atoms with Gasteiger partial charge >= 0.3 is 0 Å². The van der Waals surface area contributed by atoms with Gasteiger partial charge in [-0.1, -0.05) is 152 Å². The smallest absolute Gasteiger partial charge is 0.0641 e. The summed E-state index contributed by atoms with van der Waals surface area (Å²) in [5.74, 6) is 0. The Kier molecular flexibility index (Phi) is 7.36. The Balaban J connectivity index is 1.03. The number of benzene rings is 10. The van der Waals surface area contributed by atoms with Crippen molar-refractivity contribution in [1.82, 2.24) is 18.3 Å². The van der Waals surface area contributed by atoms with Gasteiger partial charge in [-0.15, -0.1) is 0 Å². The van der Waals surface area contributed by atoms with Crippen molar-refractivity contribution >= 4 is 87.2 Å². The lowest BCUT2D eigenvalue weighted by Gasteiger charge is -2.18. The molecule has 0 fully saturated rings. The van der Waals surface area contributed by atoms with Crippen molar-refractivity contribution in [2.75, 3.05) is 0 Å². The minimum absolute atomic E-state index is 1.13. The molecular weight excluding hydrogens is 777 g/mol. The van der Waals surface area contributed by atoms with Crippen LogP contribution in [0.5, 0.6) is 0 Å². The first-order valence-electron chi connectivity index (χ1n) is 22.0. The molecule has 0 aliphatic heterocycles. The third-order valence-electron chi connectivity index (χ3n) is 13.6. The van der Waals surface area contributed by atoms with Gasteiger partial charge in [-0.3, -0.25) is 0 Å². The van der Waals surface area contributed by atoms with Gasteiger partial charge in [-0.25, -0.2) is 0 Å². The molecule has 0 bridgehead atoms. The first-order chi connectivity index (χ1) is 31.8. The first kappa shape index (κ1) is 35.0. The van der Waals surface area contributed by atoms with E-state index >= 15 is 0 Å². The molecule has 0 aliphatic rings. The van der Waals surface area contributed by atoms with Crippen molar-refractivity contribution in [1.29, 1.82) is 0 Å². The molecule has 298 valence electrons.